The van der Waals surface area contributed by atoms with E-state index in [-0.39, 0.29) is 17.7 Å². The predicted molar refractivity (Wildman–Crippen MR) is 112 cm³/mol. The lowest BCUT2D eigenvalue weighted by atomic mass is 9.87. The molecule has 0 aliphatic carbocycles. The Kier molecular flexibility index (Phi) is 8.16. The number of amides is 1. The lowest BCUT2D eigenvalue weighted by molar-refractivity contribution is -0.124. The summed E-state index contributed by atoms with van der Waals surface area (Å²) >= 11 is 5.50. The molecule has 1 heterocycles. The van der Waals surface area contributed by atoms with Crippen LogP contribution in [-0.2, 0) is 4.79 Å². The smallest absolute Gasteiger partial charge is 0.225 e. The van der Waals surface area contributed by atoms with E-state index in [0.29, 0.717) is 36.2 Å². The molecular formula is C20H31N3O3S. The van der Waals surface area contributed by atoms with Gasteiger partial charge in [0, 0.05) is 37.7 Å². The van der Waals surface area contributed by atoms with Crippen molar-refractivity contribution in [2.75, 3.05) is 40.4 Å². The van der Waals surface area contributed by atoms with E-state index >= 15 is 0 Å². The molecule has 7 heteroatoms. The molecule has 150 valence electrons. The van der Waals surface area contributed by atoms with Gasteiger partial charge in [-0.05, 0) is 31.6 Å². The summed E-state index contributed by atoms with van der Waals surface area (Å²) in [6, 6.07) is 5.82. The second kappa shape index (κ2) is 10.3. The van der Waals surface area contributed by atoms with Gasteiger partial charge < -0.3 is 25.0 Å². The van der Waals surface area contributed by atoms with E-state index in [9.17, 15) is 4.79 Å². The topological polar surface area (TPSA) is 62.8 Å². The van der Waals surface area contributed by atoms with Crippen molar-refractivity contribution in [2.45, 2.75) is 32.6 Å². The van der Waals surface area contributed by atoms with Crippen LogP contribution in [0.2, 0.25) is 0 Å². The van der Waals surface area contributed by atoms with Crippen molar-refractivity contribution in [3.8, 4) is 11.5 Å². The number of benzene rings is 1. The maximum absolute atomic E-state index is 12.9. The van der Waals surface area contributed by atoms with Crippen LogP contribution in [0.1, 0.15) is 38.2 Å². The van der Waals surface area contributed by atoms with Crippen molar-refractivity contribution in [1.29, 1.82) is 0 Å². The summed E-state index contributed by atoms with van der Waals surface area (Å²) in [5.74, 6) is 1.22. The molecule has 1 fully saturated rings. The molecule has 6 nitrogen and oxygen atoms in total. The molecule has 0 aromatic heterocycles. The first-order chi connectivity index (χ1) is 13.1. The van der Waals surface area contributed by atoms with Crippen molar-refractivity contribution in [1.82, 2.24) is 15.5 Å². The van der Waals surface area contributed by atoms with Gasteiger partial charge in [-0.3, -0.25) is 4.79 Å². The Balaban J connectivity index is 2.31. The van der Waals surface area contributed by atoms with Crippen molar-refractivity contribution in [3.05, 3.63) is 23.8 Å². The summed E-state index contributed by atoms with van der Waals surface area (Å²) in [4.78, 5) is 15.0. The van der Waals surface area contributed by atoms with Gasteiger partial charge in [-0.25, -0.2) is 0 Å². The largest absolute Gasteiger partial charge is 0.493 e. The molecule has 2 atom stereocenters. The molecule has 27 heavy (non-hydrogen) atoms. The first kappa shape index (κ1) is 21.3. The molecular weight excluding hydrogens is 362 g/mol. The highest BCUT2D eigenvalue weighted by Gasteiger charge is 2.41. The highest BCUT2D eigenvalue weighted by molar-refractivity contribution is 7.80. The number of likely N-dealkylation sites (tertiary alicyclic amines) is 1. The van der Waals surface area contributed by atoms with E-state index in [4.69, 9.17) is 21.7 Å². The zero-order chi connectivity index (χ0) is 19.8. The molecule has 0 saturated carbocycles. The van der Waals surface area contributed by atoms with Gasteiger partial charge >= 0.3 is 0 Å². The minimum absolute atomic E-state index is 0.0201. The third-order valence-corrected chi connectivity index (χ3v) is 5.34. The van der Waals surface area contributed by atoms with E-state index in [2.05, 4.69) is 22.5 Å². The number of nitrogens with one attached hydrogen (secondary N) is 2. The molecule has 1 saturated heterocycles. The molecule has 2 rings (SSSR count). The maximum Gasteiger partial charge on any atom is 0.225 e. The van der Waals surface area contributed by atoms with E-state index in [1.807, 2.05) is 25.1 Å². The van der Waals surface area contributed by atoms with E-state index in [1.165, 1.54) is 0 Å². The SMILES string of the molecule is CCCCNC(=O)[C@@H]1CN(C(=S)NCC)C[C@H]1c1cccc(OC)c1OC. The molecule has 1 aliphatic rings. The van der Waals surface area contributed by atoms with Gasteiger partial charge in [0.25, 0.3) is 0 Å². The standard InChI is InChI=1S/C20H31N3O3S/c1-5-7-11-22-19(24)16-13-23(20(27)21-6-2)12-15(16)14-9-8-10-17(25-3)18(14)26-4/h8-10,15-16H,5-7,11-13H2,1-4H3,(H,21,27)(H,22,24)/t15-,16+/m0/s1. The number of carbonyl (C=O) groups is 1. The Morgan fingerprint density at radius 2 is 2.00 bits per heavy atom. The molecule has 1 amide bonds. The highest BCUT2D eigenvalue weighted by atomic mass is 32.1. The molecule has 0 unspecified atom stereocenters. The third kappa shape index (κ3) is 5.03. The van der Waals surface area contributed by atoms with E-state index in [0.717, 1.165) is 24.9 Å². The number of methoxy groups -OCH3 is 2. The second-order valence-electron chi connectivity index (χ2n) is 6.68. The number of rotatable bonds is 8. The van der Waals surface area contributed by atoms with Crippen LogP contribution >= 0.6 is 12.2 Å². The Morgan fingerprint density at radius 1 is 1.22 bits per heavy atom. The third-order valence-electron chi connectivity index (χ3n) is 4.93. The highest BCUT2D eigenvalue weighted by Crippen LogP contribution is 2.41. The van der Waals surface area contributed by atoms with Gasteiger partial charge in [0.2, 0.25) is 5.91 Å². The van der Waals surface area contributed by atoms with Gasteiger partial charge in [-0.15, -0.1) is 0 Å². The van der Waals surface area contributed by atoms with Gasteiger partial charge in [0.05, 0.1) is 20.1 Å². The zero-order valence-electron chi connectivity index (χ0n) is 16.7. The normalized spacial score (nSPS) is 18.9. The van der Waals surface area contributed by atoms with Crippen molar-refractivity contribution < 1.29 is 14.3 Å². The molecule has 1 aromatic carbocycles. The molecule has 0 radical (unpaired) electrons. The summed E-state index contributed by atoms with van der Waals surface area (Å²) in [6.07, 6.45) is 2.03. The van der Waals surface area contributed by atoms with Crippen molar-refractivity contribution in [3.63, 3.8) is 0 Å². The molecule has 0 spiro atoms. The lowest BCUT2D eigenvalue weighted by Gasteiger charge is -2.22. The fourth-order valence-electron chi connectivity index (χ4n) is 3.54. The van der Waals surface area contributed by atoms with Crippen LogP contribution in [0.3, 0.4) is 0 Å². The van der Waals surface area contributed by atoms with Gasteiger partial charge in [0.1, 0.15) is 0 Å². The molecule has 1 aliphatic heterocycles. The quantitative estimate of drug-likeness (QED) is 0.523. The predicted octanol–water partition coefficient (Wildman–Crippen LogP) is 2.53. The van der Waals surface area contributed by atoms with Crippen LogP contribution < -0.4 is 20.1 Å². The minimum Gasteiger partial charge on any atom is -0.493 e. The molecule has 1 aromatic rings. The monoisotopic (exact) mass is 393 g/mol. The van der Waals surface area contributed by atoms with Gasteiger partial charge in [0.15, 0.2) is 16.6 Å². The average Bonchev–Trinajstić information content (AvgIpc) is 3.13. The Labute approximate surface area is 167 Å². The van der Waals surface area contributed by atoms with Crippen LogP contribution in [0, 0.1) is 5.92 Å². The average molecular weight is 394 g/mol. The summed E-state index contributed by atoms with van der Waals surface area (Å²) in [5.41, 5.74) is 0.981. The van der Waals surface area contributed by atoms with Crippen LogP contribution in [0.25, 0.3) is 0 Å². The van der Waals surface area contributed by atoms with Gasteiger partial charge in [-0.2, -0.15) is 0 Å². The molecule has 2 N–H and O–H groups in total. The number of hydrogen-bond donors (Lipinski definition) is 2. The lowest BCUT2D eigenvalue weighted by Crippen LogP contribution is -2.39. The van der Waals surface area contributed by atoms with E-state index in [1.54, 1.807) is 14.2 Å². The van der Waals surface area contributed by atoms with E-state index < -0.39 is 0 Å². The van der Waals surface area contributed by atoms with Crippen molar-refractivity contribution >= 4 is 23.2 Å². The number of carbonyl (C=O) groups excluding carboxylic acids is 1. The maximum atomic E-state index is 12.9. The Hall–Kier alpha value is -2.02. The number of nitrogens with zero attached hydrogens (tertiary/aromatic N) is 1. The number of hydrogen-bond acceptors (Lipinski definition) is 4. The number of ether oxygens (including phenoxy) is 2. The fraction of sp³-hybridized carbons (Fsp3) is 0.600. The Bertz CT molecular complexity index is 653. The number of para-hydroxylation sites is 1. The number of unbranched alkanes of at least 4 members (excludes halogenated alkanes) is 1. The van der Waals surface area contributed by atoms with Crippen LogP contribution in [-0.4, -0.2) is 56.3 Å². The Morgan fingerprint density at radius 3 is 2.63 bits per heavy atom. The first-order valence-corrected chi connectivity index (χ1v) is 9.99. The van der Waals surface area contributed by atoms with Gasteiger partial charge in [-0.1, -0.05) is 25.5 Å². The molecule has 0 bridgehead atoms. The summed E-state index contributed by atoms with van der Waals surface area (Å²) in [6.45, 7) is 6.85. The summed E-state index contributed by atoms with van der Waals surface area (Å²) in [5, 5.41) is 6.96. The summed E-state index contributed by atoms with van der Waals surface area (Å²) in [7, 11) is 3.26. The second-order valence-corrected chi connectivity index (χ2v) is 7.07. The summed E-state index contributed by atoms with van der Waals surface area (Å²) < 4.78 is 11.1. The fourth-order valence-corrected chi connectivity index (χ4v) is 3.83. The number of thiocarbonyl (C=S) groups is 1. The zero-order valence-corrected chi connectivity index (χ0v) is 17.5. The van der Waals surface area contributed by atoms with Crippen LogP contribution in [0.4, 0.5) is 0 Å². The minimum atomic E-state index is -0.195. The van der Waals surface area contributed by atoms with Crippen LogP contribution in [0.5, 0.6) is 11.5 Å². The van der Waals surface area contributed by atoms with Crippen LogP contribution in [0.15, 0.2) is 18.2 Å². The van der Waals surface area contributed by atoms with Crippen molar-refractivity contribution in [2.24, 2.45) is 5.92 Å². The first-order valence-electron chi connectivity index (χ1n) is 9.58.